The van der Waals surface area contributed by atoms with Crippen LogP contribution in [0.5, 0.6) is 5.75 Å². The molecule has 0 aromatic heterocycles. The molecule has 0 bridgehead atoms. The summed E-state index contributed by atoms with van der Waals surface area (Å²) in [6.07, 6.45) is 1.57. The van der Waals surface area contributed by atoms with Crippen LogP contribution in [0.3, 0.4) is 0 Å². The minimum Gasteiger partial charge on any atom is -0.496 e. The van der Waals surface area contributed by atoms with Crippen LogP contribution in [0.15, 0.2) is 48.0 Å². The topological polar surface area (TPSA) is 62.1 Å². The molecular weight excluding hydrogens is 288 g/mol. The molecule has 0 radical (unpaired) electrons. The summed E-state index contributed by atoms with van der Waals surface area (Å²) >= 11 is 0. The Morgan fingerprint density at radius 2 is 2.00 bits per heavy atom. The number of carbonyl (C=O) groups excluding carboxylic acids is 1. The van der Waals surface area contributed by atoms with Crippen molar-refractivity contribution < 1.29 is 9.53 Å². The number of aryl methyl sites for hydroxylation is 2. The number of benzene rings is 2. The molecule has 0 aliphatic heterocycles. The number of nitriles is 1. The first-order valence-corrected chi connectivity index (χ1v) is 7.18. The first kappa shape index (κ1) is 16.3. The second-order valence-electron chi connectivity index (χ2n) is 5.22. The van der Waals surface area contributed by atoms with E-state index in [-0.39, 0.29) is 5.57 Å². The number of carbonyl (C=O) groups is 1. The van der Waals surface area contributed by atoms with Gasteiger partial charge in [0, 0.05) is 5.69 Å². The average molecular weight is 306 g/mol. The quantitative estimate of drug-likeness (QED) is 0.689. The van der Waals surface area contributed by atoms with Gasteiger partial charge >= 0.3 is 0 Å². The first-order valence-electron chi connectivity index (χ1n) is 7.18. The van der Waals surface area contributed by atoms with Crippen LogP contribution in [0.4, 0.5) is 5.69 Å². The van der Waals surface area contributed by atoms with Crippen molar-refractivity contribution in [3.63, 3.8) is 0 Å². The number of hydrogen-bond donors (Lipinski definition) is 1. The lowest BCUT2D eigenvalue weighted by Gasteiger charge is -2.07. The Morgan fingerprint density at radius 3 is 2.61 bits per heavy atom. The number of hydrogen-bond acceptors (Lipinski definition) is 3. The van der Waals surface area contributed by atoms with E-state index in [9.17, 15) is 10.1 Å². The second kappa shape index (κ2) is 7.28. The molecule has 1 N–H and O–H groups in total. The van der Waals surface area contributed by atoms with Gasteiger partial charge in [-0.2, -0.15) is 5.26 Å². The van der Waals surface area contributed by atoms with Crippen LogP contribution < -0.4 is 10.1 Å². The third kappa shape index (κ3) is 4.21. The van der Waals surface area contributed by atoms with Gasteiger partial charge in [-0.05, 0) is 60.9 Å². The van der Waals surface area contributed by atoms with E-state index in [2.05, 4.69) is 5.32 Å². The number of nitrogens with zero attached hydrogens (tertiary/aromatic N) is 1. The largest absolute Gasteiger partial charge is 0.496 e. The van der Waals surface area contributed by atoms with Gasteiger partial charge in [-0.15, -0.1) is 0 Å². The fourth-order valence-corrected chi connectivity index (χ4v) is 2.23. The standard InChI is InChI=1S/C19H18N2O2/c1-13-5-4-6-17(9-13)21-19(22)16(12-20)11-15-7-8-18(23-3)14(2)10-15/h4-11H,1-3H3,(H,21,22)/b16-11+. The lowest BCUT2D eigenvalue weighted by Crippen LogP contribution is -2.13. The third-order valence-corrected chi connectivity index (χ3v) is 3.37. The SMILES string of the molecule is COc1ccc(/C=C(\C#N)C(=O)Nc2cccc(C)c2)cc1C. The number of rotatable bonds is 4. The second-order valence-corrected chi connectivity index (χ2v) is 5.22. The maximum Gasteiger partial charge on any atom is 0.266 e. The van der Waals surface area contributed by atoms with Crippen LogP contribution in [0.25, 0.3) is 6.08 Å². The molecule has 0 heterocycles. The molecule has 0 saturated carbocycles. The molecule has 2 aromatic rings. The molecule has 0 aliphatic rings. The normalized spacial score (nSPS) is 10.8. The molecule has 4 heteroatoms. The van der Waals surface area contributed by atoms with Gasteiger partial charge in [0.15, 0.2) is 0 Å². The smallest absolute Gasteiger partial charge is 0.266 e. The van der Waals surface area contributed by atoms with E-state index >= 15 is 0 Å². The maximum absolute atomic E-state index is 12.2. The Balaban J connectivity index is 2.23. The molecule has 0 atom stereocenters. The van der Waals surface area contributed by atoms with E-state index in [0.717, 1.165) is 22.4 Å². The lowest BCUT2D eigenvalue weighted by atomic mass is 10.1. The van der Waals surface area contributed by atoms with E-state index < -0.39 is 5.91 Å². The summed E-state index contributed by atoms with van der Waals surface area (Å²) in [4.78, 5) is 12.2. The summed E-state index contributed by atoms with van der Waals surface area (Å²) in [5.74, 6) is 0.344. The Kier molecular flexibility index (Phi) is 5.16. The predicted octanol–water partition coefficient (Wildman–Crippen LogP) is 3.86. The average Bonchev–Trinajstić information content (AvgIpc) is 2.52. The Morgan fingerprint density at radius 1 is 1.22 bits per heavy atom. The number of nitrogens with one attached hydrogen (secondary N) is 1. The number of anilines is 1. The molecule has 23 heavy (non-hydrogen) atoms. The van der Waals surface area contributed by atoms with Gasteiger partial charge in [-0.1, -0.05) is 18.2 Å². The van der Waals surface area contributed by atoms with Crippen LogP contribution >= 0.6 is 0 Å². The molecule has 0 fully saturated rings. The molecule has 4 nitrogen and oxygen atoms in total. The van der Waals surface area contributed by atoms with Crippen LogP contribution in [0.1, 0.15) is 16.7 Å². The van der Waals surface area contributed by atoms with Crippen molar-refractivity contribution in [2.45, 2.75) is 13.8 Å². The summed E-state index contributed by atoms with van der Waals surface area (Å²) in [7, 11) is 1.61. The molecule has 2 aromatic carbocycles. The Labute approximate surface area is 136 Å². The van der Waals surface area contributed by atoms with Crippen molar-refractivity contribution in [2.24, 2.45) is 0 Å². The van der Waals surface area contributed by atoms with E-state index in [1.165, 1.54) is 0 Å². The summed E-state index contributed by atoms with van der Waals surface area (Å²) in [5.41, 5.74) is 3.48. The zero-order valence-corrected chi connectivity index (χ0v) is 13.4. The Bertz CT molecular complexity index is 801. The summed E-state index contributed by atoms with van der Waals surface area (Å²) in [5, 5.41) is 12.0. The number of ether oxygens (including phenoxy) is 1. The highest BCUT2D eigenvalue weighted by molar-refractivity contribution is 6.09. The highest BCUT2D eigenvalue weighted by atomic mass is 16.5. The van der Waals surface area contributed by atoms with Crippen molar-refractivity contribution in [3.05, 3.63) is 64.7 Å². The zero-order chi connectivity index (χ0) is 16.8. The van der Waals surface area contributed by atoms with Crippen molar-refractivity contribution in [3.8, 4) is 11.8 Å². The third-order valence-electron chi connectivity index (χ3n) is 3.37. The zero-order valence-electron chi connectivity index (χ0n) is 13.4. The number of amides is 1. The van der Waals surface area contributed by atoms with E-state index in [1.54, 1.807) is 19.3 Å². The molecular formula is C19H18N2O2. The first-order chi connectivity index (χ1) is 11.0. The van der Waals surface area contributed by atoms with Gasteiger partial charge in [-0.3, -0.25) is 4.79 Å². The van der Waals surface area contributed by atoms with Crippen LogP contribution in [-0.2, 0) is 4.79 Å². The van der Waals surface area contributed by atoms with E-state index in [0.29, 0.717) is 5.69 Å². The molecule has 2 rings (SSSR count). The molecule has 0 unspecified atom stereocenters. The van der Waals surface area contributed by atoms with Gasteiger partial charge in [0.2, 0.25) is 0 Å². The molecule has 0 spiro atoms. The molecule has 0 saturated heterocycles. The lowest BCUT2D eigenvalue weighted by molar-refractivity contribution is -0.112. The number of methoxy groups -OCH3 is 1. The van der Waals surface area contributed by atoms with Crippen molar-refractivity contribution in [1.29, 1.82) is 5.26 Å². The molecule has 116 valence electrons. The minimum atomic E-state index is -0.424. The minimum absolute atomic E-state index is 0.0519. The van der Waals surface area contributed by atoms with Crippen LogP contribution in [0.2, 0.25) is 0 Å². The van der Waals surface area contributed by atoms with Crippen molar-refractivity contribution in [1.82, 2.24) is 0 Å². The fraction of sp³-hybridized carbons (Fsp3) is 0.158. The Hall–Kier alpha value is -3.06. The van der Waals surface area contributed by atoms with E-state index in [4.69, 9.17) is 4.74 Å². The summed E-state index contributed by atoms with van der Waals surface area (Å²) in [6.45, 7) is 3.85. The summed E-state index contributed by atoms with van der Waals surface area (Å²) in [6, 6.07) is 14.9. The molecule has 1 amide bonds. The maximum atomic E-state index is 12.2. The van der Waals surface area contributed by atoms with Crippen LogP contribution in [0, 0.1) is 25.2 Å². The highest BCUT2D eigenvalue weighted by Crippen LogP contribution is 2.20. The van der Waals surface area contributed by atoms with Crippen molar-refractivity contribution >= 4 is 17.7 Å². The monoisotopic (exact) mass is 306 g/mol. The van der Waals surface area contributed by atoms with Gasteiger partial charge in [0.25, 0.3) is 5.91 Å². The molecule has 0 aliphatic carbocycles. The highest BCUT2D eigenvalue weighted by Gasteiger charge is 2.10. The van der Waals surface area contributed by atoms with Gasteiger partial charge in [0.1, 0.15) is 17.4 Å². The van der Waals surface area contributed by atoms with Crippen molar-refractivity contribution in [2.75, 3.05) is 12.4 Å². The fourth-order valence-electron chi connectivity index (χ4n) is 2.23. The van der Waals surface area contributed by atoms with Crippen LogP contribution in [-0.4, -0.2) is 13.0 Å². The van der Waals surface area contributed by atoms with Gasteiger partial charge in [0.05, 0.1) is 7.11 Å². The summed E-state index contributed by atoms with van der Waals surface area (Å²) < 4.78 is 5.20. The van der Waals surface area contributed by atoms with Gasteiger partial charge in [-0.25, -0.2) is 0 Å². The van der Waals surface area contributed by atoms with Gasteiger partial charge < -0.3 is 10.1 Å². The van der Waals surface area contributed by atoms with E-state index in [1.807, 2.05) is 56.3 Å². The predicted molar refractivity (Wildman–Crippen MR) is 91.1 cm³/mol.